The van der Waals surface area contributed by atoms with Crippen molar-refractivity contribution in [2.45, 2.75) is 19.4 Å². The van der Waals surface area contributed by atoms with E-state index < -0.39 is 17.9 Å². The molecule has 0 saturated carbocycles. The fourth-order valence-electron chi connectivity index (χ4n) is 1.72. The quantitative estimate of drug-likeness (QED) is 0.682. The zero-order valence-corrected chi connectivity index (χ0v) is 10.7. The van der Waals surface area contributed by atoms with E-state index in [9.17, 15) is 9.59 Å². The van der Waals surface area contributed by atoms with Gasteiger partial charge in [0, 0.05) is 6.54 Å². The molecular weight excluding hydrogens is 248 g/mol. The molecule has 0 saturated heterocycles. The number of amides is 1. The number of nitrogens with two attached hydrogens (primary N) is 1. The monoisotopic (exact) mass is 266 g/mol. The lowest BCUT2D eigenvalue weighted by Gasteiger charge is -2.22. The third-order valence-electron chi connectivity index (χ3n) is 2.73. The summed E-state index contributed by atoms with van der Waals surface area (Å²) in [6, 6.07) is 5.60. The number of aromatic hydroxyl groups is 1. The molecule has 1 rings (SSSR count). The molecule has 1 amide bonds. The smallest absolute Gasteiger partial charge is 0.323 e. The Kier molecular flexibility index (Phi) is 5.32. The Bertz CT molecular complexity index is 444. The fraction of sp³-hybridized carbons (Fsp3) is 0.385. The lowest BCUT2D eigenvalue weighted by Crippen LogP contribution is -2.46. The molecule has 0 spiro atoms. The molecular formula is C13H18N2O4. The standard InChI is InChI=1S/C13H18N2O4/c1-2-15(8-12(17)18)13(19)11(14)7-9-3-5-10(16)6-4-9/h3-6,11,16H,2,7-8,14H2,1H3,(H,17,18). The number of rotatable bonds is 6. The average Bonchev–Trinajstić information content (AvgIpc) is 2.37. The van der Waals surface area contributed by atoms with Crippen LogP contribution >= 0.6 is 0 Å². The van der Waals surface area contributed by atoms with Gasteiger partial charge in [-0.05, 0) is 31.0 Å². The summed E-state index contributed by atoms with van der Waals surface area (Å²) in [5.41, 5.74) is 6.60. The van der Waals surface area contributed by atoms with Crippen LogP contribution in [0, 0.1) is 0 Å². The maximum Gasteiger partial charge on any atom is 0.323 e. The molecule has 6 nitrogen and oxygen atoms in total. The van der Waals surface area contributed by atoms with Gasteiger partial charge in [-0.15, -0.1) is 0 Å². The zero-order chi connectivity index (χ0) is 14.4. The Labute approximate surface area is 111 Å². The largest absolute Gasteiger partial charge is 0.508 e. The second-order valence-electron chi connectivity index (χ2n) is 4.22. The summed E-state index contributed by atoms with van der Waals surface area (Å²) in [5.74, 6) is -1.31. The first kappa shape index (κ1) is 15.0. The van der Waals surface area contributed by atoms with E-state index in [2.05, 4.69) is 0 Å². The lowest BCUT2D eigenvalue weighted by molar-refractivity contribution is -0.144. The van der Waals surface area contributed by atoms with Crippen LogP contribution in [0.3, 0.4) is 0 Å². The molecule has 1 aromatic rings. The van der Waals surface area contributed by atoms with Crippen molar-refractivity contribution in [2.75, 3.05) is 13.1 Å². The van der Waals surface area contributed by atoms with Gasteiger partial charge in [-0.2, -0.15) is 0 Å². The number of carboxylic acids is 1. The van der Waals surface area contributed by atoms with Gasteiger partial charge in [0.05, 0.1) is 6.04 Å². The second-order valence-corrected chi connectivity index (χ2v) is 4.22. The van der Waals surface area contributed by atoms with Crippen LogP contribution in [0.2, 0.25) is 0 Å². The minimum atomic E-state index is -1.06. The summed E-state index contributed by atoms with van der Waals surface area (Å²) >= 11 is 0. The molecule has 0 aliphatic rings. The summed E-state index contributed by atoms with van der Waals surface area (Å²) in [4.78, 5) is 23.8. The van der Waals surface area contributed by atoms with Crippen LogP contribution in [0.25, 0.3) is 0 Å². The predicted octanol–water partition coefficient (Wildman–Crippen LogP) is 0.195. The number of hydrogen-bond acceptors (Lipinski definition) is 4. The van der Waals surface area contributed by atoms with Gasteiger partial charge in [-0.3, -0.25) is 9.59 Å². The number of phenols is 1. The first-order valence-electron chi connectivity index (χ1n) is 5.98. The first-order valence-corrected chi connectivity index (χ1v) is 5.98. The van der Waals surface area contributed by atoms with Crippen molar-refractivity contribution in [1.29, 1.82) is 0 Å². The lowest BCUT2D eigenvalue weighted by atomic mass is 10.1. The van der Waals surface area contributed by atoms with Gasteiger partial charge >= 0.3 is 5.97 Å². The van der Waals surface area contributed by atoms with Crippen LogP contribution in [0.4, 0.5) is 0 Å². The topological polar surface area (TPSA) is 104 Å². The average molecular weight is 266 g/mol. The summed E-state index contributed by atoms with van der Waals surface area (Å²) in [7, 11) is 0. The van der Waals surface area contributed by atoms with Crippen molar-refractivity contribution in [3.05, 3.63) is 29.8 Å². The number of hydrogen-bond donors (Lipinski definition) is 3. The van der Waals surface area contributed by atoms with Gasteiger partial charge in [-0.25, -0.2) is 0 Å². The van der Waals surface area contributed by atoms with Crippen LogP contribution in [-0.2, 0) is 16.0 Å². The van der Waals surface area contributed by atoms with Crippen molar-refractivity contribution in [2.24, 2.45) is 5.73 Å². The highest BCUT2D eigenvalue weighted by molar-refractivity contribution is 5.85. The van der Waals surface area contributed by atoms with Crippen molar-refractivity contribution in [3.8, 4) is 5.75 Å². The van der Waals surface area contributed by atoms with Crippen LogP contribution in [0.1, 0.15) is 12.5 Å². The maximum absolute atomic E-state index is 12.0. The van der Waals surface area contributed by atoms with Gasteiger partial charge in [0.1, 0.15) is 12.3 Å². The highest BCUT2D eigenvalue weighted by Crippen LogP contribution is 2.11. The van der Waals surface area contributed by atoms with E-state index in [1.807, 2.05) is 0 Å². The van der Waals surface area contributed by atoms with Crippen LogP contribution in [-0.4, -0.2) is 46.1 Å². The van der Waals surface area contributed by atoms with Crippen molar-refractivity contribution >= 4 is 11.9 Å². The molecule has 0 aliphatic carbocycles. The van der Waals surface area contributed by atoms with E-state index in [0.29, 0.717) is 13.0 Å². The van der Waals surface area contributed by atoms with E-state index in [4.69, 9.17) is 15.9 Å². The van der Waals surface area contributed by atoms with Crippen LogP contribution < -0.4 is 5.73 Å². The summed E-state index contributed by atoms with van der Waals surface area (Å²) in [6.07, 6.45) is 0.301. The number of phenolic OH excluding ortho intramolecular Hbond substituents is 1. The number of carboxylic acid groups (broad SMARTS) is 1. The van der Waals surface area contributed by atoms with Crippen molar-refractivity contribution < 1.29 is 19.8 Å². The predicted molar refractivity (Wildman–Crippen MR) is 69.7 cm³/mol. The van der Waals surface area contributed by atoms with E-state index in [0.717, 1.165) is 5.56 Å². The summed E-state index contributed by atoms with van der Waals surface area (Å²) in [6.45, 7) is 1.65. The molecule has 0 radical (unpaired) electrons. The molecule has 1 atom stereocenters. The molecule has 19 heavy (non-hydrogen) atoms. The highest BCUT2D eigenvalue weighted by Gasteiger charge is 2.21. The van der Waals surface area contributed by atoms with Crippen LogP contribution in [0.15, 0.2) is 24.3 Å². The zero-order valence-electron chi connectivity index (χ0n) is 10.7. The number of carbonyl (C=O) groups is 2. The molecule has 1 unspecified atom stereocenters. The number of carbonyl (C=O) groups excluding carboxylic acids is 1. The summed E-state index contributed by atoms with van der Waals surface area (Å²) < 4.78 is 0. The van der Waals surface area contributed by atoms with Crippen molar-refractivity contribution in [1.82, 2.24) is 4.90 Å². The number of likely N-dealkylation sites (N-methyl/N-ethyl adjacent to an activating group) is 1. The first-order chi connectivity index (χ1) is 8.93. The molecule has 4 N–H and O–H groups in total. The Morgan fingerprint density at radius 2 is 1.89 bits per heavy atom. The van der Waals surface area contributed by atoms with E-state index in [1.54, 1.807) is 19.1 Å². The molecule has 0 fully saturated rings. The molecule has 6 heteroatoms. The number of nitrogens with zero attached hydrogens (tertiary/aromatic N) is 1. The Hall–Kier alpha value is -2.08. The van der Waals surface area contributed by atoms with E-state index >= 15 is 0 Å². The minimum Gasteiger partial charge on any atom is -0.508 e. The van der Waals surface area contributed by atoms with E-state index in [1.165, 1.54) is 17.0 Å². The third kappa shape index (κ3) is 4.59. The molecule has 0 aliphatic heterocycles. The normalized spacial score (nSPS) is 11.9. The molecule has 0 aromatic heterocycles. The minimum absolute atomic E-state index is 0.143. The van der Waals surface area contributed by atoms with Gasteiger partial charge in [0.25, 0.3) is 0 Å². The fourth-order valence-corrected chi connectivity index (χ4v) is 1.72. The number of benzene rings is 1. The second kappa shape index (κ2) is 6.75. The van der Waals surface area contributed by atoms with E-state index in [-0.39, 0.29) is 12.3 Å². The SMILES string of the molecule is CCN(CC(=O)O)C(=O)C(N)Cc1ccc(O)cc1. The molecule has 104 valence electrons. The van der Waals surface area contributed by atoms with Crippen LogP contribution in [0.5, 0.6) is 5.75 Å². The molecule has 0 bridgehead atoms. The van der Waals surface area contributed by atoms with Gasteiger partial charge < -0.3 is 20.8 Å². The maximum atomic E-state index is 12.0. The Morgan fingerprint density at radius 3 is 2.37 bits per heavy atom. The van der Waals surface area contributed by atoms with Gasteiger partial charge in [0.2, 0.25) is 5.91 Å². The third-order valence-corrected chi connectivity index (χ3v) is 2.73. The van der Waals surface area contributed by atoms with Gasteiger partial charge in [-0.1, -0.05) is 12.1 Å². The van der Waals surface area contributed by atoms with Crippen molar-refractivity contribution in [3.63, 3.8) is 0 Å². The Morgan fingerprint density at radius 1 is 1.32 bits per heavy atom. The highest BCUT2D eigenvalue weighted by atomic mass is 16.4. The Balaban J connectivity index is 2.65. The summed E-state index contributed by atoms with van der Waals surface area (Å²) in [5, 5.41) is 17.9. The van der Waals surface area contributed by atoms with Gasteiger partial charge in [0.15, 0.2) is 0 Å². The molecule has 1 aromatic carbocycles. The number of aliphatic carboxylic acids is 1. The molecule has 0 heterocycles.